The van der Waals surface area contributed by atoms with Crippen molar-refractivity contribution in [2.45, 2.75) is 31.7 Å². The highest BCUT2D eigenvalue weighted by atomic mass is 16.5. The number of Topliss-reactive ketones (excluding diaryl/α,β-unsaturated/α-hetero) is 1. The summed E-state index contributed by atoms with van der Waals surface area (Å²) in [7, 11) is 0. The molecule has 1 aliphatic carbocycles. The second-order valence-electron chi connectivity index (χ2n) is 7.86. The van der Waals surface area contributed by atoms with E-state index in [-0.39, 0.29) is 29.6 Å². The van der Waals surface area contributed by atoms with Crippen molar-refractivity contribution in [2.75, 3.05) is 39.3 Å². The van der Waals surface area contributed by atoms with E-state index in [0.717, 1.165) is 50.2 Å². The first-order valence-electron chi connectivity index (χ1n) is 10.2. The van der Waals surface area contributed by atoms with Crippen molar-refractivity contribution >= 4 is 17.6 Å². The third kappa shape index (κ3) is 4.52. The SMILES string of the molecule is O=C1C[C@H](C(=O)N2CCN(CCCOc3ccc(C(=O)C4CC4)cc3)CC2)N1. The summed E-state index contributed by atoms with van der Waals surface area (Å²) in [5, 5.41) is 2.65. The Balaban J connectivity index is 1.11. The molecule has 7 nitrogen and oxygen atoms in total. The Hall–Kier alpha value is -2.41. The van der Waals surface area contributed by atoms with E-state index in [2.05, 4.69) is 10.2 Å². The summed E-state index contributed by atoms with van der Waals surface area (Å²) in [4.78, 5) is 39.4. The third-order valence-electron chi connectivity index (χ3n) is 5.68. The van der Waals surface area contributed by atoms with Gasteiger partial charge in [0.1, 0.15) is 11.8 Å². The molecule has 1 atom stereocenters. The summed E-state index contributed by atoms with van der Waals surface area (Å²) in [6, 6.07) is 7.16. The maximum atomic E-state index is 12.2. The van der Waals surface area contributed by atoms with Crippen molar-refractivity contribution in [1.29, 1.82) is 0 Å². The maximum Gasteiger partial charge on any atom is 0.245 e. The fraction of sp³-hybridized carbons (Fsp3) is 0.571. The minimum Gasteiger partial charge on any atom is -0.494 e. The highest BCUT2D eigenvalue weighted by molar-refractivity contribution is 5.99. The van der Waals surface area contributed by atoms with Crippen LogP contribution in [-0.4, -0.2) is 72.8 Å². The van der Waals surface area contributed by atoms with Crippen LogP contribution in [0.1, 0.15) is 36.0 Å². The number of nitrogens with zero attached hydrogens (tertiary/aromatic N) is 2. The van der Waals surface area contributed by atoms with E-state index in [1.807, 2.05) is 29.2 Å². The third-order valence-corrected chi connectivity index (χ3v) is 5.68. The van der Waals surface area contributed by atoms with Crippen molar-refractivity contribution in [3.63, 3.8) is 0 Å². The standard InChI is InChI=1S/C21H27N3O4/c25-19-14-18(22-19)21(27)24-11-9-23(10-12-24)8-1-13-28-17-6-4-16(5-7-17)20(26)15-2-3-15/h4-7,15,18H,1-3,8-14H2,(H,22,25)/t18-/m1/s1. The molecule has 2 heterocycles. The Labute approximate surface area is 165 Å². The zero-order valence-electron chi connectivity index (χ0n) is 16.1. The average Bonchev–Trinajstić information content (AvgIpc) is 3.54. The number of amides is 2. The van der Waals surface area contributed by atoms with Gasteiger partial charge in [0.25, 0.3) is 0 Å². The number of carbonyl (C=O) groups is 3. The number of piperazine rings is 1. The van der Waals surface area contributed by atoms with Crippen LogP contribution in [-0.2, 0) is 9.59 Å². The Morgan fingerprint density at radius 2 is 1.75 bits per heavy atom. The zero-order valence-corrected chi connectivity index (χ0v) is 16.1. The molecule has 4 rings (SSSR count). The lowest BCUT2D eigenvalue weighted by molar-refractivity contribution is -0.144. The summed E-state index contributed by atoms with van der Waals surface area (Å²) in [6.07, 6.45) is 3.29. The van der Waals surface area contributed by atoms with E-state index >= 15 is 0 Å². The zero-order chi connectivity index (χ0) is 19.5. The number of nitrogens with one attached hydrogen (secondary N) is 1. The van der Waals surface area contributed by atoms with Crippen molar-refractivity contribution in [3.05, 3.63) is 29.8 Å². The lowest BCUT2D eigenvalue weighted by Crippen LogP contribution is -2.60. The van der Waals surface area contributed by atoms with Gasteiger partial charge in [-0.15, -0.1) is 0 Å². The second kappa shape index (κ2) is 8.31. The minimum absolute atomic E-state index is 0.0406. The van der Waals surface area contributed by atoms with E-state index in [1.165, 1.54) is 0 Å². The van der Waals surface area contributed by atoms with Gasteiger partial charge in [-0.2, -0.15) is 0 Å². The fourth-order valence-corrected chi connectivity index (χ4v) is 3.69. The molecule has 3 aliphatic rings. The van der Waals surface area contributed by atoms with Gasteiger partial charge in [0, 0.05) is 44.2 Å². The van der Waals surface area contributed by atoms with Crippen LogP contribution < -0.4 is 10.1 Å². The number of ether oxygens (including phenoxy) is 1. The lowest BCUT2D eigenvalue weighted by atomic mass is 10.0. The predicted molar refractivity (Wildman–Crippen MR) is 103 cm³/mol. The molecule has 7 heteroatoms. The molecule has 0 aromatic heterocycles. The van der Waals surface area contributed by atoms with Crippen LogP contribution in [0.2, 0.25) is 0 Å². The monoisotopic (exact) mass is 385 g/mol. The van der Waals surface area contributed by atoms with Crippen LogP contribution in [0.4, 0.5) is 0 Å². The maximum absolute atomic E-state index is 12.2. The van der Waals surface area contributed by atoms with E-state index < -0.39 is 0 Å². The summed E-state index contributed by atoms with van der Waals surface area (Å²) in [5.74, 6) is 1.30. The molecule has 2 saturated heterocycles. The van der Waals surface area contributed by atoms with E-state index in [9.17, 15) is 14.4 Å². The Kier molecular flexibility index (Phi) is 5.62. The van der Waals surface area contributed by atoms with Crippen LogP contribution in [0.3, 0.4) is 0 Å². The van der Waals surface area contributed by atoms with Gasteiger partial charge in [-0.1, -0.05) is 0 Å². The molecule has 150 valence electrons. The Morgan fingerprint density at radius 1 is 1.07 bits per heavy atom. The number of carbonyl (C=O) groups excluding carboxylic acids is 3. The molecule has 1 aromatic rings. The molecule has 1 saturated carbocycles. The van der Waals surface area contributed by atoms with Gasteiger partial charge in [0.2, 0.25) is 11.8 Å². The van der Waals surface area contributed by atoms with Crippen molar-refractivity contribution < 1.29 is 19.1 Å². The Morgan fingerprint density at radius 3 is 2.36 bits per heavy atom. The van der Waals surface area contributed by atoms with Crippen LogP contribution in [0, 0.1) is 5.92 Å². The minimum atomic E-state index is -0.307. The smallest absolute Gasteiger partial charge is 0.245 e. The van der Waals surface area contributed by atoms with E-state index in [4.69, 9.17) is 4.74 Å². The van der Waals surface area contributed by atoms with Crippen molar-refractivity contribution in [1.82, 2.24) is 15.1 Å². The number of hydrogen-bond acceptors (Lipinski definition) is 5. The summed E-state index contributed by atoms with van der Waals surface area (Å²) >= 11 is 0. The van der Waals surface area contributed by atoms with Crippen molar-refractivity contribution in [3.8, 4) is 5.75 Å². The van der Waals surface area contributed by atoms with Crippen LogP contribution in [0.15, 0.2) is 24.3 Å². The summed E-state index contributed by atoms with van der Waals surface area (Å²) < 4.78 is 5.79. The first-order chi connectivity index (χ1) is 13.6. The molecule has 1 N–H and O–H groups in total. The van der Waals surface area contributed by atoms with Gasteiger partial charge in [0.05, 0.1) is 13.0 Å². The molecule has 28 heavy (non-hydrogen) atoms. The molecule has 1 aromatic carbocycles. The normalized spacial score (nSPS) is 22.4. The van der Waals surface area contributed by atoms with Gasteiger partial charge in [-0.3, -0.25) is 19.3 Å². The van der Waals surface area contributed by atoms with Crippen LogP contribution >= 0.6 is 0 Å². The number of rotatable bonds is 8. The quantitative estimate of drug-likeness (QED) is 0.412. The van der Waals surface area contributed by atoms with Gasteiger partial charge in [-0.05, 0) is 43.5 Å². The fourth-order valence-electron chi connectivity index (χ4n) is 3.69. The predicted octanol–water partition coefficient (Wildman–Crippen LogP) is 1.08. The lowest BCUT2D eigenvalue weighted by Gasteiger charge is -2.38. The number of ketones is 1. The van der Waals surface area contributed by atoms with E-state index in [1.54, 1.807) is 0 Å². The van der Waals surface area contributed by atoms with Gasteiger partial charge < -0.3 is 15.0 Å². The molecule has 2 aliphatic heterocycles. The van der Waals surface area contributed by atoms with Crippen LogP contribution in [0.5, 0.6) is 5.75 Å². The number of hydrogen-bond donors (Lipinski definition) is 1. The highest BCUT2D eigenvalue weighted by Crippen LogP contribution is 2.32. The van der Waals surface area contributed by atoms with E-state index in [0.29, 0.717) is 26.1 Å². The molecule has 2 amide bonds. The Bertz CT molecular complexity index is 729. The van der Waals surface area contributed by atoms with Crippen LogP contribution in [0.25, 0.3) is 0 Å². The number of benzene rings is 1. The topological polar surface area (TPSA) is 79.0 Å². The molecule has 0 spiro atoms. The van der Waals surface area contributed by atoms with Gasteiger partial charge in [0.15, 0.2) is 5.78 Å². The molecular weight excluding hydrogens is 358 g/mol. The molecule has 0 unspecified atom stereocenters. The second-order valence-corrected chi connectivity index (χ2v) is 7.86. The average molecular weight is 385 g/mol. The van der Waals surface area contributed by atoms with Gasteiger partial charge >= 0.3 is 0 Å². The molecular formula is C21H27N3O4. The first kappa shape index (κ1) is 18.9. The van der Waals surface area contributed by atoms with Gasteiger partial charge in [-0.25, -0.2) is 0 Å². The first-order valence-corrected chi connectivity index (χ1v) is 10.2. The molecule has 3 fully saturated rings. The molecule has 0 bridgehead atoms. The molecule has 0 radical (unpaired) electrons. The number of β-lactam (4-membered cyclic amide) rings is 1. The summed E-state index contributed by atoms with van der Waals surface area (Å²) in [5.41, 5.74) is 0.781. The summed E-state index contributed by atoms with van der Waals surface area (Å²) in [6.45, 7) is 4.68. The van der Waals surface area contributed by atoms with Crippen molar-refractivity contribution in [2.24, 2.45) is 5.92 Å². The highest BCUT2D eigenvalue weighted by Gasteiger charge is 2.35. The largest absolute Gasteiger partial charge is 0.494 e.